The van der Waals surface area contributed by atoms with E-state index in [2.05, 4.69) is 21.0 Å². The first kappa shape index (κ1) is 16.8. The fourth-order valence-electron chi connectivity index (χ4n) is 2.83. The van der Waals surface area contributed by atoms with Gasteiger partial charge < -0.3 is 0 Å². The molecule has 0 unspecified atom stereocenters. The van der Waals surface area contributed by atoms with Crippen LogP contribution in [0.2, 0.25) is 0 Å². The lowest BCUT2D eigenvalue weighted by Crippen LogP contribution is -2.35. The second-order valence-corrected chi connectivity index (χ2v) is 6.39. The predicted molar refractivity (Wildman–Crippen MR) is 79.5 cm³/mol. The predicted octanol–water partition coefficient (Wildman–Crippen LogP) is 4.15. The Morgan fingerprint density at radius 1 is 1.29 bits per heavy atom. The summed E-state index contributed by atoms with van der Waals surface area (Å²) in [7, 11) is 0. The Balaban J connectivity index is 1.95. The molecule has 0 bridgehead atoms. The molecule has 120 valence electrons. The third-order valence-corrected chi connectivity index (χ3v) is 4.16. The van der Waals surface area contributed by atoms with E-state index in [0.717, 1.165) is 12.8 Å². The van der Waals surface area contributed by atoms with Crippen LogP contribution in [-0.2, 0) is 6.54 Å². The molecule has 0 radical (unpaired) electrons. The fraction of sp³-hybridized carbons (Fsp3) is 0.786. The molecule has 7 heteroatoms. The van der Waals surface area contributed by atoms with E-state index >= 15 is 0 Å². The van der Waals surface area contributed by atoms with E-state index < -0.39 is 12.7 Å². The normalized spacial score (nSPS) is 17.6. The summed E-state index contributed by atoms with van der Waals surface area (Å²) < 4.78 is 39.6. The van der Waals surface area contributed by atoms with Crippen molar-refractivity contribution in [3.05, 3.63) is 18.0 Å². The van der Waals surface area contributed by atoms with Crippen LogP contribution in [0, 0.1) is 0 Å². The summed E-state index contributed by atoms with van der Waals surface area (Å²) in [6.45, 7) is -0.296. The van der Waals surface area contributed by atoms with Crippen molar-refractivity contribution < 1.29 is 13.2 Å². The van der Waals surface area contributed by atoms with Gasteiger partial charge >= 0.3 is 6.18 Å². The van der Waals surface area contributed by atoms with Crippen LogP contribution in [0.4, 0.5) is 13.2 Å². The van der Waals surface area contributed by atoms with Gasteiger partial charge in [-0.25, -0.2) is 0 Å². The van der Waals surface area contributed by atoms with Gasteiger partial charge in [0.25, 0.3) is 0 Å². The molecule has 1 heterocycles. The molecule has 1 fully saturated rings. The minimum absolute atomic E-state index is 0.241. The Labute approximate surface area is 131 Å². The molecular weight excluding hydrogens is 347 g/mol. The Morgan fingerprint density at radius 3 is 2.62 bits per heavy atom. The van der Waals surface area contributed by atoms with Gasteiger partial charge in [0.2, 0.25) is 0 Å². The quantitative estimate of drug-likeness (QED) is 0.704. The van der Waals surface area contributed by atoms with Crippen molar-refractivity contribution in [2.45, 2.75) is 50.9 Å². The Kier molecular flexibility index (Phi) is 6.10. The van der Waals surface area contributed by atoms with E-state index in [1.807, 2.05) is 16.9 Å². The lowest BCUT2D eigenvalue weighted by Gasteiger charge is -2.23. The molecule has 1 aromatic rings. The highest BCUT2D eigenvalue weighted by molar-refractivity contribution is 9.09. The monoisotopic (exact) mass is 367 g/mol. The van der Waals surface area contributed by atoms with Gasteiger partial charge in [-0.05, 0) is 18.9 Å². The fourth-order valence-corrected chi connectivity index (χ4v) is 3.33. The van der Waals surface area contributed by atoms with Gasteiger partial charge in [0.15, 0.2) is 0 Å². The van der Waals surface area contributed by atoms with Crippen LogP contribution < -0.4 is 0 Å². The van der Waals surface area contributed by atoms with Gasteiger partial charge in [0, 0.05) is 24.6 Å². The number of halogens is 4. The van der Waals surface area contributed by atoms with Gasteiger partial charge in [-0.3, -0.25) is 9.58 Å². The Bertz CT molecular complexity index is 427. The molecule has 0 saturated heterocycles. The molecule has 0 aliphatic heterocycles. The first-order valence-corrected chi connectivity index (χ1v) is 8.49. The second kappa shape index (κ2) is 7.63. The molecule has 0 aromatic carbocycles. The van der Waals surface area contributed by atoms with E-state index in [-0.39, 0.29) is 6.54 Å². The minimum atomic E-state index is -4.17. The first-order valence-electron chi connectivity index (χ1n) is 7.37. The van der Waals surface area contributed by atoms with Crippen molar-refractivity contribution in [2.75, 3.05) is 18.4 Å². The number of alkyl halides is 4. The largest absolute Gasteiger partial charge is 0.401 e. The summed E-state index contributed by atoms with van der Waals surface area (Å²) in [5, 5.41) is 5.00. The number of nitrogens with zero attached hydrogens (tertiary/aromatic N) is 3. The number of rotatable bonds is 6. The van der Waals surface area contributed by atoms with E-state index in [4.69, 9.17) is 0 Å². The van der Waals surface area contributed by atoms with Crippen LogP contribution in [0.3, 0.4) is 0 Å². The standard InChI is InChI=1S/C14H21BrF3N3/c15-7-9-20(11-14(16,17)18)10-12-6-8-21(19-12)13-4-2-1-3-5-13/h6,8,13H,1-5,7,9-11H2. The van der Waals surface area contributed by atoms with E-state index in [9.17, 15) is 13.2 Å². The minimum Gasteiger partial charge on any atom is -0.288 e. The average Bonchev–Trinajstić information content (AvgIpc) is 2.87. The summed E-state index contributed by atoms with van der Waals surface area (Å²) in [5.74, 6) is 0. The highest BCUT2D eigenvalue weighted by Gasteiger charge is 2.30. The molecule has 3 nitrogen and oxygen atoms in total. The van der Waals surface area contributed by atoms with Crippen molar-refractivity contribution in [3.8, 4) is 0 Å². The first-order chi connectivity index (χ1) is 9.98. The van der Waals surface area contributed by atoms with Gasteiger partial charge in [-0.15, -0.1) is 0 Å². The lowest BCUT2D eigenvalue weighted by atomic mass is 9.96. The topological polar surface area (TPSA) is 21.1 Å². The molecule has 0 N–H and O–H groups in total. The summed E-state index contributed by atoms with van der Waals surface area (Å²) in [5.41, 5.74) is 0.714. The maximum Gasteiger partial charge on any atom is 0.401 e. The molecule has 1 aromatic heterocycles. The second-order valence-electron chi connectivity index (χ2n) is 5.59. The van der Waals surface area contributed by atoms with Crippen LogP contribution in [-0.4, -0.2) is 39.3 Å². The molecule has 0 atom stereocenters. The Hall–Kier alpha value is -0.560. The molecule has 1 aliphatic carbocycles. The maximum absolute atomic E-state index is 12.5. The highest BCUT2D eigenvalue weighted by Crippen LogP contribution is 2.27. The van der Waals surface area contributed by atoms with Crippen molar-refractivity contribution in [3.63, 3.8) is 0 Å². The van der Waals surface area contributed by atoms with Crippen LogP contribution in [0.15, 0.2) is 12.3 Å². The molecule has 0 spiro atoms. The zero-order valence-corrected chi connectivity index (χ0v) is 13.5. The van der Waals surface area contributed by atoms with Crippen LogP contribution >= 0.6 is 15.9 Å². The van der Waals surface area contributed by atoms with Gasteiger partial charge in [0.05, 0.1) is 18.3 Å². The molecule has 0 amide bonds. The number of hydrogen-bond donors (Lipinski definition) is 0. The van der Waals surface area contributed by atoms with Gasteiger partial charge in [-0.1, -0.05) is 35.2 Å². The third kappa shape index (κ3) is 5.62. The van der Waals surface area contributed by atoms with E-state index in [1.165, 1.54) is 24.2 Å². The maximum atomic E-state index is 12.5. The molecule has 21 heavy (non-hydrogen) atoms. The SMILES string of the molecule is FC(F)(F)CN(CCBr)Cc1ccn(C2CCCCC2)n1. The van der Waals surface area contributed by atoms with Crippen LogP contribution in [0.25, 0.3) is 0 Å². The van der Waals surface area contributed by atoms with Crippen molar-refractivity contribution in [2.24, 2.45) is 0 Å². The van der Waals surface area contributed by atoms with Crippen LogP contribution in [0.1, 0.15) is 43.8 Å². The van der Waals surface area contributed by atoms with Gasteiger partial charge in [-0.2, -0.15) is 18.3 Å². The lowest BCUT2D eigenvalue weighted by molar-refractivity contribution is -0.146. The zero-order valence-electron chi connectivity index (χ0n) is 11.9. The molecule has 1 aliphatic rings. The summed E-state index contributed by atoms with van der Waals surface area (Å²) >= 11 is 3.20. The smallest absolute Gasteiger partial charge is 0.288 e. The molecular formula is C14H21BrF3N3. The van der Waals surface area contributed by atoms with E-state index in [0.29, 0.717) is 23.6 Å². The number of aromatic nitrogens is 2. The summed E-state index contributed by atoms with van der Waals surface area (Å²) in [6.07, 6.45) is 3.67. The molecule has 1 saturated carbocycles. The van der Waals surface area contributed by atoms with Crippen LogP contribution in [0.5, 0.6) is 0 Å². The van der Waals surface area contributed by atoms with Gasteiger partial charge in [0.1, 0.15) is 0 Å². The summed E-state index contributed by atoms with van der Waals surface area (Å²) in [4.78, 5) is 1.38. The highest BCUT2D eigenvalue weighted by atomic mass is 79.9. The molecule has 2 rings (SSSR count). The summed E-state index contributed by atoms with van der Waals surface area (Å²) in [6, 6.07) is 2.26. The van der Waals surface area contributed by atoms with Crippen molar-refractivity contribution in [1.82, 2.24) is 14.7 Å². The van der Waals surface area contributed by atoms with Crippen molar-refractivity contribution in [1.29, 1.82) is 0 Å². The number of hydrogen-bond acceptors (Lipinski definition) is 2. The van der Waals surface area contributed by atoms with E-state index in [1.54, 1.807) is 0 Å². The van der Waals surface area contributed by atoms with Crippen molar-refractivity contribution >= 4 is 15.9 Å². The third-order valence-electron chi connectivity index (χ3n) is 3.80. The average molecular weight is 368 g/mol. The Morgan fingerprint density at radius 2 is 2.00 bits per heavy atom. The zero-order chi connectivity index (χ0) is 15.3.